The van der Waals surface area contributed by atoms with Crippen LogP contribution in [-0.2, 0) is 19.3 Å². The van der Waals surface area contributed by atoms with Crippen molar-refractivity contribution >= 4 is 16.6 Å². The van der Waals surface area contributed by atoms with Gasteiger partial charge >= 0.3 is 0 Å². The summed E-state index contributed by atoms with van der Waals surface area (Å²) in [6.45, 7) is 1.99. The van der Waals surface area contributed by atoms with Gasteiger partial charge in [-0.2, -0.15) is 0 Å². The summed E-state index contributed by atoms with van der Waals surface area (Å²) >= 11 is 6.35. The fourth-order valence-corrected chi connectivity index (χ4v) is 4.07. The van der Waals surface area contributed by atoms with Crippen LogP contribution in [0.25, 0.3) is 16.2 Å². The first-order valence-electron chi connectivity index (χ1n) is 8.82. The molecule has 0 atom stereocenters. The van der Waals surface area contributed by atoms with Gasteiger partial charge in [-0.15, -0.1) is 0 Å². The van der Waals surface area contributed by atoms with Crippen LogP contribution in [0.15, 0.2) is 65.5 Å². The Morgan fingerprint density at radius 3 is 2.40 bits per heavy atom. The first-order chi connectivity index (χ1) is 12.2. The van der Waals surface area contributed by atoms with E-state index in [1.165, 1.54) is 38.9 Å². The van der Waals surface area contributed by atoms with Crippen LogP contribution in [0.2, 0.25) is 0 Å². The Labute approximate surface area is 154 Å². The van der Waals surface area contributed by atoms with Crippen molar-refractivity contribution < 1.29 is 4.42 Å². The second-order valence-corrected chi connectivity index (χ2v) is 7.07. The SMILES string of the molecule is Cc1ccoc1.ClC1=CCCc2c1ccc1c2CCc2ccccc2-1. The lowest BCUT2D eigenvalue weighted by atomic mass is 9.79. The Kier molecular flexibility index (Phi) is 4.50. The summed E-state index contributed by atoms with van der Waals surface area (Å²) in [5, 5.41) is 0.933. The van der Waals surface area contributed by atoms with Crippen LogP contribution >= 0.6 is 11.6 Å². The summed E-state index contributed by atoms with van der Waals surface area (Å²) in [4.78, 5) is 0. The van der Waals surface area contributed by atoms with Gasteiger partial charge in [-0.25, -0.2) is 0 Å². The number of fused-ring (bicyclic) bond motifs is 5. The molecule has 0 saturated heterocycles. The highest BCUT2D eigenvalue weighted by molar-refractivity contribution is 6.49. The summed E-state index contributed by atoms with van der Waals surface area (Å²) in [7, 11) is 0. The van der Waals surface area contributed by atoms with E-state index in [4.69, 9.17) is 16.0 Å². The number of benzene rings is 2. The van der Waals surface area contributed by atoms with E-state index in [9.17, 15) is 0 Å². The highest BCUT2D eigenvalue weighted by atomic mass is 35.5. The molecule has 2 aliphatic rings. The Morgan fingerprint density at radius 2 is 1.64 bits per heavy atom. The average Bonchev–Trinajstić information content (AvgIpc) is 3.13. The van der Waals surface area contributed by atoms with Crippen molar-refractivity contribution in [3.05, 3.63) is 88.9 Å². The highest BCUT2D eigenvalue weighted by Gasteiger charge is 2.22. The molecule has 2 heteroatoms. The van der Waals surface area contributed by atoms with Gasteiger partial charge in [0.1, 0.15) is 0 Å². The van der Waals surface area contributed by atoms with Crippen LogP contribution in [0.3, 0.4) is 0 Å². The zero-order chi connectivity index (χ0) is 17.2. The van der Waals surface area contributed by atoms with E-state index in [1.807, 2.05) is 13.0 Å². The first-order valence-corrected chi connectivity index (χ1v) is 9.19. The molecule has 1 aromatic heterocycles. The molecule has 0 N–H and O–H groups in total. The van der Waals surface area contributed by atoms with Gasteiger partial charge in [-0.1, -0.05) is 54.1 Å². The van der Waals surface area contributed by atoms with Gasteiger partial charge in [-0.05, 0) is 77.6 Å². The van der Waals surface area contributed by atoms with E-state index < -0.39 is 0 Å². The molecule has 0 radical (unpaired) electrons. The lowest BCUT2D eigenvalue weighted by molar-refractivity contribution is 0.565. The molecule has 0 bridgehead atoms. The molecule has 0 amide bonds. The molecule has 0 saturated carbocycles. The van der Waals surface area contributed by atoms with Crippen molar-refractivity contribution in [1.82, 2.24) is 0 Å². The van der Waals surface area contributed by atoms with Gasteiger partial charge in [0, 0.05) is 5.03 Å². The maximum absolute atomic E-state index is 6.35. The van der Waals surface area contributed by atoms with Crippen LogP contribution in [0, 0.1) is 6.92 Å². The van der Waals surface area contributed by atoms with Gasteiger partial charge in [0.25, 0.3) is 0 Å². The summed E-state index contributed by atoms with van der Waals surface area (Å²) < 4.78 is 4.71. The average molecular weight is 349 g/mol. The third-order valence-corrected chi connectivity index (χ3v) is 5.38. The molecule has 3 aromatic rings. The van der Waals surface area contributed by atoms with Crippen molar-refractivity contribution in [3.8, 4) is 11.1 Å². The first kappa shape index (κ1) is 16.2. The van der Waals surface area contributed by atoms with Crippen molar-refractivity contribution in [1.29, 1.82) is 0 Å². The zero-order valence-corrected chi connectivity index (χ0v) is 15.1. The van der Waals surface area contributed by atoms with Crippen molar-refractivity contribution in [2.45, 2.75) is 32.6 Å². The van der Waals surface area contributed by atoms with Gasteiger partial charge in [0.05, 0.1) is 12.5 Å². The molecule has 1 nitrogen and oxygen atoms in total. The molecule has 5 rings (SSSR count). The second kappa shape index (κ2) is 6.93. The smallest absolute Gasteiger partial charge is 0.0931 e. The molecular formula is C23H21ClO. The largest absolute Gasteiger partial charge is 0.472 e. The summed E-state index contributed by atoms with van der Waals surface area (Å²) in [5.74, 6) is 0. The monoisotopic (exact) mass is 348 g/mol. The number of allylic oxidation sites excluding steroid dienone is 1. The fourth-order valence-electron chi connectivity index (χ4n) is 3.79. The second-order valence-electron chi connectivity index (χ2n) is 6.67. The Morgan fingerprint density at radius 1 is 0.840 bits per heavy atom. The van der Waals surface area contributed by atoms with Gasteiger partial charge in [0.2, 0.25) is 0 Å². The minimum absolute atomic E-state index is 0.933. The van der Waals surface area contributed by atoms with Crippen LogP contribution in [0.1, 0.15) is 34.2 Å². The Bertz CT molecular complexity index is 919. The van der Waals surface area contributed by atoms with Gasteiger partial charge < -0.3 is 4.42 Å². The van der Waals surface area contributed by atoms with Crippen LogP contribution in [0.5, 0.6) is 0 Å². The third kappa shape index (κ3) is 3.17. The topological polar surface area (TPSA) is 13.1 Å². The van der Waals surface area contributed by atoms with E-state index in [-0.39, 0.29) is 0 Å². The number of halogens is 1. The van der Waals surface area contributed by atoms with E-state index in [1.54, 1.807) is 12.5 Å². The zero-order valence-electron chi connectivity index (χ0n) is 14.4. The normalized spacial score (nSPS) is 14.4. The quantitative estimate of drug-likeness (QED) is 0.448. The van der Waals surface area contributed by atoms with Crippen LogP contribution in [-0.4, -0.2) is 0 Å². The maximum atomic E-state index is 6.35. The lowest BCUT2D eigenvalue weighted by Crippen LogP contribution is -2.10. The standard InChI is InChI=1S/C18H15Cl.C5H6O/c19-18-7-3-6-14-16-9-8-12-4-1-2-5-13(12)15(16)10-11-17(14)18;1-5-2-3-6-4-5/h1-2,4-5,7,10-11H,3,6,8-9H2;2-4H,1H3. The lowest BCUT2D eigenvalue weighted by Gasteiger charge is -2.26. The van der Waals surface area contributed by atoms with Gasteiger partial charge in [0.15, 0.2) is 0 Å². The number of aryl methyl sites for hydroxylation is 2. The molecule has 2 aliphatic carbocycles. The Hall–Kier alpha value is -2.25. The van der Waals surface area contributed by atoms with Crippen LogP contribution < -0.4 is 0 Å². The van der Waals surface area contributed by atoms with Crippen molar-refractivity contribution in [2.24, 2.45) is 0 Å². The molecule has 0 aliphatic heterocycles. The predicted octanol–water partition coefficient (Wildman–Crippen LogP) is 6.57. The van der Waals surface area contributed by atoms with E-state index in [0.717, 1.165) is 30.7 Å². The molecule has 0 unspecified atom stereocenters. The van der Waals surface area contributed by atoms with E-state index in [0.29, 0.717) is 0 Å². The third-order valence-electron chi connectivity index (χ3n) is 5.02. The number of rotatable bonds is 0. The highest BCUT2D eigenvalue weighted by Crippen LogP contribution is 2.40. The number of furan rings is 1. The van der Waals surface area contributed by atoms with Crippen molar-refractivity contribution in [3.63, 3.8) is 0 Å². The fraction of sp³-hybridized carbons (Fsp3) is 0.217. The summed E-state index contributed by atoms with van der Waals surface area (Å²) in [5.41, 5.74) is 9.76. The molecule has 25 heavy (non-hydrogen) atoms. The van der Waals surface area contributed by atoms with Crippen molar-refractivity contribution in [2.75, 3.05) is 0 Å². The van der Waals surface area contributed by atoms with Gasteiger partial charge in [-0.3, -0.25) is 0 Å². The summed E-state index contributed by atoms with van der Waals surface area (Å²) in [6.07, 6.45) is 10.0. The molecular weight excluding hydrogens is 328 g/mol. The minimum atomic E-state index is 0.933. The summed E-state index contributed by atoms with van der Waals surface area (Å²) in [6, 6.07) is 15.2. The number of hydrogen-bond donors (Lipinski definition) is 0. The van der Waals surface area contributed by atoms with E-state index in [2.05, 4.69) is 42.5 Å². The molecule has 126 valence electrons. The van der Waals surface area contributed by atoms with Crippen LogP contribution in [0.4, 0.5) is 0 Å². The molecule has 1 heterocycles. The number of hydrogen-bond acceptors (Lipinski definition) is 1. The molecule has 0 spiro atoms. The maximum Gasteiger partial charge on any atom is 0.0931 e. The van der Waals surface area contributed by atoms with E-state index >= 15 is 0 Å². The predicted molar refractivity (Wildman–Crippen MR) is 105 cm³/mol. The minimum Gasteiger partial charge on any atom is -0.472 e. The molecule has 0 fully saturated rings. The Balaban J connectivity index is 0.000000223. The molecule has 2 aromatic carbocycles.